The largest absolute Gasteiger partial charge is 0.486 e. The Kier molecular flexibility index (Phi) is 7.75. The molecule has 1 atom stereocenters. The van der Waals surface area contributed by atoms with Crippen LogP contribution in [0.2, 0.25) is 0 Å². The topological polar surface area (TPSA) is 112 Å². The Hall–Kier alpha value is -2.85. The molecule has 4 rings (SSSR count). The van der Waals surface area contributed by atoms with Gasteiger partial charge in [-0.05, 0) is 53.9 Å². The average Bonchev–Trinajstić information content (AvgIpc) is 3.34. The SMILES string of the molecule is CC1CCc2c(sc(NC(=O)CSc3nnc(COc4ccc(C(C)(C)C)cc4)n3C)c2C(N)=O)C1. The van der Waals surface area contributed by atoms with Crippen molar-refractivity contribution in [3.05, 3.63) is 51.7 Å². The first kappa shape index (κ1) is 26.2. The zero-order valence-corrected chi connectivity index (χ0v) is 23.0. The standard InChI is InChI=1S/C26H33N5O3S2/c1-15-6-11-18-19(12-15)36-24(22(18)23(27)33)28-21(32)14-35-25-30-29-20(31(25)5)13-34-17-9-7-16(8-10-17)26(2,3)4/h7-10,15H,6,11-14H2,1-5H3,(H2,27,33)(H,28,32). The highest BCUT2D eigenvalue weighted by Crippen LogP contribution is 2.39. The van der Waals surface area contributed by atoms with Crippen molar-refractivity contribution in [3.8, 4) is 5.75 Å². The van der Waals surface area contributed by atoms with Crippen LogP contribution in [0.25, 0.3) is 0 Å². The summed E-state index contributed by atoms with van der Waals surface area (Å²) in [6.07, 6.45) is 2.75. The molecule has 0 saturated carbocycles. The first-order chi connectivity index (χ1) is 17.0. The van der Waals surface area contributed by atoms with Gasteiger partial charge in [-0.1, -0.05) is 51.6 Å². The summed E-state index contributed by atoms with van der Waals surface area (Å²) in [4.78, 5) is 26.0. The number of anilines is 1. The van der Waals surface area contributed by atoms with E-state index in [4.69, 9.17) is 10.5 Å². The second-order valence-electron chi connectivity index (χ2n) is 10.3. The summed E-state index contributed by atoms with van der Waals surface area (Å²) >= 11 is 2.75. The van der Waals surface area contributed by atoms with E-state index < -0.39 is 5.91 Å². The highest BCUT2D eigenvalue weighted by molar-refractivity contribution is 7.99. The van der Waals surface area contributed by atoms with Crippen LogP contribution in [0.1, 0.15) is 66.3 Å². The summed E-state index contributed by atoms with van der Waals surface area (Å²) in [6, 6.07) is 8.06. The van der Waals surface area contributed by atoms with E-state index in [-0.39, 0.29) is 23.7 Å². The number of nitrogens with zero attached hydrogens (tertiary/aromatic N) is 3. The maximum Gasteiger partial charge on any atom is 0.251 e. The van der Waals surface area contributed by atoms with Crippen LogP contribution in [0.15, 0.2) is 29.4 Å². The van der Waals surface area contributed by atoms with Gasteiger partial charge in [0, 0.05) is 11.9 Å². The number of aromatic nitrogens is 3. The Labute approximate surface area is 220 Å². The molecule has 2 heterocycles. The first-order valence-corrected chi connectivity index (χ1v) is 13.8. The highest BCUT2D eigenvalue weighted by atomic mass is 32.2. The van der Waals surface area contributed by atoms with E-state index in [1.54, 1.807) is 0 Å². The summed E-state index contributed by atoms with van der Waals surface area (Å²) < 4.78 is 7.71. The van der Waals surface area contributed by atoms with Crippen LogP contribution in [0.3, 0.4) is 0 Å². The lowest BCUT2D eigenvalue weighted by Gasteiger charge is -2.19. The van der Waals surface area contributed by atoms with Crippen LogP contribution in [0, 0.1) is 5.92 Å². The molecule has 192 valence electrons. The van der Waals surface area contributed by atoms with Gasteiger partial charge < -0.3 is 20.4 Å². The van der Waals surface area contributed by atoms with Gasteiger partial charge in [-0.2, -0.15) is 0 Å². The minimum absolute atomic E-state index is 0.0867. The number of hydrogen-bond acceptors (Lipinski definition) is 7. The molecule has 3 aromatic rings. The smallest absolute Gasteiger partial charge is 0.251 e. The maximum absolute atomic E-state index is 12.7. The number of thiophene rings is 1. The van der Waals surface area contributed by atoms with E-state index in [9.17, 15) is 9.59 Å². The number of nitrogens with one attached hydrogen (secondary N) is 1. The Morgan fingerprint density at radius 3 is 2.64 bits per heavy atom. The Bertz CT molecular complexity index is 1260. The number of carbonyl (C=O) groups is 2. The molecule has 10 heteroatoms. The minimum atomic E-state index is -0.490. The zero-order chi connectivity index (χ0) is 26.0. The summed E-state index contributed by atoms with van der Waals surface area (Å²) in [5.74, 6) is 1.42. The van der Waals surface area contributed by atoms with Gasteiger partial charge in [0.05, 0.1) is 11.3 Å². The molecule has 2 aromatic heterocycles. The summed E-state index contributed by atoms with van der Waals surface area (Å²) in [6.45, 7) is 8.99. The molecule has 1 unspecified atom stereocenters. The van der Waals surface area contributed by atoms with E-state index in [2.05, 4.69) is 55.3 Å². The van der Waals surface area contributed by atoms with E-state index in [0.29, 0.717) is 27.5 Å². The number of primary amides is 1. The second-order valence-corrected chi connectivity index (χ2v) is 12.3. The van der Waals surface area contributed by atoms with Crippen molar-refractivity contribution in [1.29, 1.82) is 0 Å². The molecular weight excluding hydrogens is 494 g/mol. The van der Waals surface area contributed by atoms with Gasteiger partial charge >= 0.3 is 0 Å². The van der Waals surface area contributed by atoms with Gasteiger partial charge in [-0.25, -0.2) is 0 Å². The van der Waals surface area contributed by atoms with Gasteiger partial charge in [0.15, 0.2) is 11.0 Å². The Balaban J connectivity index is 1.34. The van der Waals surface area contributed by atoms with E-state index in [0.717, 1.165) is 35.5 Å². The van der Waals surface area contributed by atoms with Crippen LogP contribution in [-0.2, 0) is 36.7 Å². The number of amides is 2. The van der Waals surface area contributed by atoms with Crippen molar-refractivity contribution >= 4 is 39.9 Å². The fraction of sp³-hybridized carbons (Fsp3) is 0.462. The van der Waals surface area contributed by atoms with Gasteiger partial charge in [0.25, 0.3) is 5.91 Å². The third-order valence-corrected chi connectivity index (χ3v) is 8.55. The fourth-order valence-corrected chi connectivity index (χ4v) is 6.35. The third kappa shape index (κ3) is 5.92. The van der Waals surface area contributed by atoms with Crippen molar-refractivity contribution in [1.82, 2.24) is 14.8 Å². The van der Waals surface area contributed by atoms with Crippen LogP contribution in [-0.4, -0.2) is 32.3 Å². The number of hydrogen-bond donors (Lipinski definition) is 2. The Morgan fingerprint density at radius 1 is 1.25 bits per heavy atom. The molecule has 0 fully saturated rings. The lowest BCUT2D eigenvalue weighted by Crippen LogP contribution is -2.20. The number of benzene rings is 1. The lowest BCUT2D eigenvalue weighted by atomic mass is 9.87. The number of thioether (sulfide) groups is 1. The lowest BCUT2D eigenvalue weighted by molar-refractivity contribution is -0.113. The van der Waals surface area contributed by atoms with Crippen LogP contribution in [0.5, 0.6) is 5.75 Å². The number of rotatable bonds is 8. The van der Waals surface area contributed by atoms with Crippen LogP contribution in [0.4, 0.5) is 5.00 Å². The Morgan fingerprint density at radius 2 is 1.97 bits per heavy atom. The van der Waals surface area contributed by atoms with Crippen molar-refractivity contribution in [2.45, 2.75) is 64.1 Å². The average molecular weight is 528 g/mol. The van der Waals surface area contributed by atoms with Crippen LogP contribution < -0.4 is 15.8 Å². The van der Waals surface area contributed by atoms with Gasteiger partial charge in [-0.3, -0.25) is 9.59 Å². The molecule has 1 aliphatic carbocycles. The van der Waals surface area contributed by atoms with E-state index in [1.807, 2.05) is 23.7 Å². The van der Waals surface area contributed by atoms with Crippen molar-refractivity contribution in [2.75, 3.05) is 11.1 Å². The number of fused-ring (bicyclic) bond motifs is 1. The van der Waals surface area contributed by atoms with Crippen molar-refractivity contribution < 1.29 is 14.3 Å². The summed E-state index contributed by atoms with van der Waals surface area (Å²) in [5.41, 5.74) is 8.45. The number of carbonyl (C=O) groups excluding carboxylic acids is 2. The second kappa shape index (κ2) is 10.6. The summed E-state index contributed by atoms with van der Waals surface area (Å²) in [5, 5.41) is 12.5. The molecule has 2 amide bonds. The van der Waals surface area contributed by atoms with Crippen molar-refractivity contribution in [2.24, 2.45) is 18.7 Å². The number of ether oxygens (including phenoxy) is 1. The minimum Gasteiger partial charge on any atom is -0.486 e. The molecule has 0 aliphatic heterocycles. The third-order valence-electron chi connectivity index (χ3n) is 6.36. The van der Waals surface area contributed by atoms with Gasteiger partial charge in [0.2, 0.25) is 5.91 Å². The summed E-state index contributed by atoms with van der Waals surface area (Å²) in [7, 11) is 1.85. The van der Waals surface area contributed by atoms with E-state index >= 15 is 0 Å². The molecule has 1 aromatic carbocycles. The predicted octanol–water partition coefficient (Wildman–Crippen LogP) is 4.71. The van der Waals surface area contributed by atoms with Crippen LogP contribution >= 0.6 is 23.1 Å². The van der Waals surface area contributed by atoms with Crippen molar-refractivity contribution in [3.63, 3.8) is 0 Å². The highest BCUT2D eigenvalue weighted by Gasteiger charge is 2.27. The molecule has 0 radical (unpaired) electrons. The molecule has 8 nitrogen and oxygen atoms in total. The predicted molar refractivity (Wildman–Crippen MR) is 144 cm³/mol. The quantitative estimate of drug-likeness (QED) is 0.411. The van der Waals surface area contributed by atoms with Gasteiger partial charge in [0.1, 0.15) is 17.4 Å². The monoisotopic (exact) mass is 527 g/mol. The first-order valence-electron chi connectivity index (χ1n) is 12.0. The molecular formula is C26H33N5O3S2. The maximum atomic E-state index is 12.7. The fourth-order valence-electron chi connectivity index (χ4n) is 4.19. The molecule has 3 N–H and O–H groups in total. The normalized spacial score (nSPS) is 15.4. The van der Waals surface area contributed by atoms with Gasteiger partial charge in [-0.15, -0.1) is 21.5 Å². The zero-order valence-electron chi connectivity index (χ0n) is 21.4. The molecule has 1 aliphatic rings. The van der Waals surface area contributed by atoms with E-state index in [1.165, 1.54) is 28.7 Å². The molecule has 0 spiro atoms. The number of nitrogens with two attached hydrogens (primary N) is 1. The molecule has 0 saturated heterocycles. The molecule has 36 heavy (non-hydrogen) atoms. The molecule has 0 bridgehead atoms.